The van der Waals surface area contributed by atoms with Crippen LogP contribution < -0.4 is 10.5 Å². The Labute approximate surface area is 112 Å². The van der Waals surface area contributed by atoms with Crippen molar-refractivity contribution in [1.82, 2.24) is 9.55 Å². The van der Waals surface area contributed by atoms with Crippen molar-refractivity contribution in [2.45, 2.75) is 18.5 Å². The van der Waals surface area contributed by atoms with Crippen molar-refractivity contribution in [1.29, 1.82) is 0 Å². The van der Waals surface area contributed by atoms with E-state index in [4.69, 9.17) is 5.73 Å². The molecule has 2 rings (SSSR count). The molecule has 0 saturated heterocycles. The molecule has 0 fully saturated rings. The van der Waals surface area contributed by atoms with Crippen LogP contribution >= 0.6 is 0 Å². The lowest BCUT2D eigenvalue weighted by Crippen LogP contribution is -2.14. The number of aryl methyl sites for hydroxylation is 2. The molecule has 0 amide bonds. The molecule has 0 bridgehead atoms. The summed E-state index contributed by atoms with van der Waals surface area (Å²) in [7, 11) is -1.95. The number of aromatic nitrogens is 2. The van der Waals surface area contributed by atoms with E-state index in [2.05, 4.69) is 9.71 Å². The molecule has 0 radical (unpaired) electrons. The second-order valence-corrected chi connectivity index (χ2v) is 5.97. The monoisotopic (exact) mass is 280 g/mol. The molecule has 7 heteroatoms. The minimum atomic E-state index is -3.66. The van der Waals surface area contributed by atoms with Gasteiger partial charge in [0.2, 0.25) is 0 Å². The van der Waals surface area contributed by atoms with Gasteiger partial charge >= 0.3 is 0 Å². The SMILES string of the molecule is Cc1ccc(CN)cc1NS(=O)(=O)c1cn(C)cn1. The standard InChI is InChI=1S/C12H16N4O2S/c1-9-3-4-10(6-13)5-11(9)15-19(17,18)12-7-16(2)8-14-12/h3-5,7-8,15H,6,13H2,1-2H3. The molecule has 0 atom stereocenters. The van der Waals surface area contributed by atoms with Gasteiger partial charge in [-0.05, 0) is 24.1 Å². The Balaban J connectivity index is 2.35. The van der Waals surface area contributed by atoms with Gasteiger partial charge in [-0.3, -0.25) is 4.72 Å². The van der Waals surface area contributed by atoms with Crippen molar-refractivity contribution < 1.29 is 8.42 Å². The van der Waals surface area contributed by atoms with Gasteiger partial charge in [0, 0.05) is 19.8 Å². The predicted molar refractivity (Wildman–Crippen MR) is 73.1 cm³/mol. The highest BCUT2D eigenvalue weighted by Crippen LogP contribution is 2.20. The molecule has 3 N–H and O–H groups in total. The van der Waals surface area contributed by atoms with Crippen molar-refractivity contribution in [3.8, 4) is 0 Å². The van der Waals surface area contributed by atoms with E-state index >= 15 is 0 Å². The molecular weight excluding hydrogens is 264 g/mol. The van der Waals surface area contributed by atoms with Crippen LogP contribution in [0.2, 0.25) is 0 Å². The molecule has 0 unspecified atom stereocenters. The molecule has 0 aliphatic rings. The maximum absolute atomic E-state index is 12.1. The molecule has 1 heterocycles. The minimum Gasteiger partial charge on any atom is -0.339 e. The highest BCUT2D eigenvalue weighted by molar-refractivity contribution is 7.92. The van der Waals surface area contributed by atoms with Crippen molar-refractivity contribution in [2.24, 2.45) is 12.8 Å². The third-order valence-corrected chi connectivity index (χ3v) is 3.99. The minimum absolute atomic E-state index is 0.00690. The van der Waals surface area contributed by atoms with Gasteiger partial charge in [-0.1, -0.05) is 12.1 Å². The summed E-state index contributed by atoms with van der Waals surface area (Å²) in [5, 5.41) is -0.00690. The quantitative estimate of drug-likeness (QED) is 0.873. The van der Waals surface area contributed by atoms with Gasteiger partial charge in [-0.15, -0.1) is 0 Å². The van der Waals surface area contributed by atoms with Gasteiger partial charge < -0.3 is 10.3 Å². The second kappa shape index (κ2) is 5.02. The predicted octanol–water partition coefficient (Wildman–Crippen LogP) is 0.988. The number of imidazole rings is 1. The second-order valence-electron chi connectivity index (χ2n) is 4.34. The maximum Gasteiger partial charge on any atom is 0.280 e. The van der Waals surface area contributed by atoms with Crippen LogP contribution in [-0.4, -0.2) is 18.0 Å². The molecular formula is C12H16N4O2S. The van der Waals surface area contributed by atoms with E-state index in [0.29, 0.717) is 12.2 Å². The number of rotatable bonds is 4. The number of benzene rings is 1. The van der Waals surface area contributed by atoms with Gasteiger partial charge in [-0.2, -0.15) is 8.42 Å². The highest BCUT2D eigenvalue weighted by atomic mass is 32.2. The number of nitrogens with one attached hydrogen (secondary N) is 1. The lowest BCUT2D eigenvalue weighted by Gasteiger charge is -2.10. The first-order valence-corrected chi connectivity index (χ1v) is 7.21. The number of nitrogens with two attached hydrogens (primary N) is 1. The lowest BCUT2D eigenvalue weighted by atomic mass is 10.1. The molecule has 0 aliphatic carbocycles. The summed E-state index contributed by atoms with van der Waals surface area (Å²) < 4.78 is 28.4. The Kier molecular flexibility index (Phi) is 3.59. The number of hydrogen-bond acceptors (Lipinski definition) is 4. The molecule has 6 nitrogen and oxygen atoms in total. The van der Waals surface area contributed by atoms with Gasteiger partial charge in [0.25, 0.3) is 10.0 Å². The highest BCUT2D eigenvalue weighted by Gasteiger charge is 2.18. The van der Waals surface area contributed by atoms with E-state index in [1.807, 2.05) is 19.1 Å². The summed E-state index contributed by atoms with van der Waals surface area (Å²) in [4.78, 5) is 3.84. The third kappa shape index (κ3) is 2.94. The largest absolute Gasteiger partial charge is 0.339 e. The zero-order valence-electron chi connectivity index (χ0n) is 10.8. The van der Waals surface area contributed by atoms with E-state index in [-0.39, 0.29) is 5.03 Å². The molecule has 2 aromatic rings. The van der Waals surface area contributed by atoms with Crippen molar-refractivity contribution in [3.05, 3.63) is 41.9 Å². The fourth-order valence-electron chi connectivity index (χ4n) is 1.63. The van der Waals surface area contributed by atoms with Crippen LogP contribution in [0.15, 0.2) is 35.7 Å². The van der Waals surface area contributed by atoms with Crippen molar-refractivity contribution in [2.75, 3.05) is 4.72 Å². The first kappa shape index (κ1) is 13.6. The van der Waals surface area contributed by atoms with Gasteiger partial charge in [-0.25, -0.2) is 4.98 Å². The van der Waals surface area contributed by atoms with Crippen LogP contribution in [-0.2, 0) is 23.6 Å². The van der Waals surface area contributed by atoms with Gasteiger partial charge in [0.1, 0.15) is 0 Å². The first-order valence-electron chi connectivity index (χ1n) is 5.73. The topological polar surface area (TPSA) is 90.0 Å². The fourth-order valence-corrected chi connectivity index (χ4v) is 2.74. The molecule has 0 aliphatic heterocycles. The zero-order chi connectivity index (χ0) is 14.0. The summed E-state index contributed by atoms with van der Waals surface area (Å²) in [5.41, 5.74) is 7.77. The maximum atomic E-state index is 12.1. The lowest BCUT2D eigenvalue weighted by molar-refractivity contribution is 0.598. The van der Waals surface area contributed by atoms with E-state index < -0.39 is 10.0 Å². The molecule has 1 aromatic heterocycles. The van der Waals surface area contributed by atoms with E-state index in [1.54, 1.807) is 17.7 Å². The Morgan fingerprint density at radius 2 is 2.16 bits per heavy atom. The van der Waals surface area contributed by atoms with Crippen LogP contribution in [0.4, 0.5) is 5.69 Å². The Bertz CT molecular complexity index is 692. The molecule has 102 valence electrons. The summed E-state index contributed by atoms with van der Waals surface area (Å²) in [6.07, 6.45) is 2.89. The normalized spacial score (nSPS) is 11.5. The van der Waals surface area contributed by atoms with Crippen LogP contribution in [0.1, 0.15) is 11.1 Å². The summed E-state index contributed by atoms with van der Waals surface area (Å²) in [6, 6.07) is 5.43. The molecule has 0 spiro atoms. The Hall–Kier alpha value is -1.86. The van der Waals surface area contributed by atoms with E-state index in [9.17, 15) is 8.42 Å². The van der Waals surface area contributed by atoms with Crippen LogP contribution in [0.5, 0.6) is 0 Å². The van der Waals surface area contributed by atoms with Crippen LogP contribution in [0, 0.1) is 6.92 Å². The number of sulfonamides is 1. The van der Waals surface area contributed by atoms with Crippen LogP contribution in [0.3, 0.4) is 0 Å². The van der Waals surface area contributed by atoms with Crippen molar-refractivity contribution >= 4 is 15.7 Å². The zero-order valence-corrected chi connectivity index (χ0v) is 11.6. The molecule has 1 aromatic carbocycles. The van der Waals surface area contributed by atoms with Gasteiger partial charge in [0.15, 0.2) is 5.03 Å². The van der Waals surface area contributed by atoms with Crippen molar-refractivity contribution in [3.63, 3.8) is 0 Å². The van der Waals surface area contributed by atoms with E-state index in [1.165, 1.54) is 12.5 Å². The average molecular weight is 280 g/mol. The first-order chi connectivity index (χ1) is 8.92. The van der Waals surface area contributed by atoms with Crippen LogP contribution in [0.25, 0.3) is 0 Å². The summed E-state index contributed by atoms with van der Waals surface area (Å²) in [5.74, 6) is 0. The average Bonchev–Trinajstić information content (AvgIpc) is 2.79. The summed E-state index contributed by atoms with van der Waals surface area (Å²) in [6.45, 7) is 2.19. The number of anilines is 1. The Morgan fingerprint density at radius 3 is 2.74 bits per heavy atom. The fraction of sp³-hybridized carbons (Fsp3) is 0.250. The third-order valence-electron chi connectivity index (χ3n) is 2.74. The van der Waals surface area contributed by atoms with E-state index in [0.717, 1.165) is 11.1 Å². The number of hydrogen-bond donors (Lipinski definition) is 2. The summed E-state index contributed by atoms with van der Waals surface area (Å²) >= 11 is 0. The smallest absolute Gasteiger partial charge is 0.280 e. The molecule has 19 heavy (non-hydrogen) atoms. The Morgan fingerprint density at radius 1 is 1.42 bits per heavy atom. The number of nitrogens with zero attached hydrogens (tertiary/aromatic N) is 2. The molecule has 0 saturated carbocycles. The van der Waals surface area contributed by atoms with Gasteiger partial charge in [0.05, 0.1) is 12.0 Å².